The van der Waals surface area contributed by atoms with Crippen molar-refractivity contribution >= 4 is 24.2 Å². The van der Waals surface area contributed by atoms with Crippen molar-refractivity contribution in [2.45, 2.75) is 24.8 Å². The molecule has 2 fully saturated rings. The maximum absolute atomic E-state index is 12.9. The van der Waals surface area contributed by atoms with Crippen molar-refractivity contribution in [3.8, 4) is 0 Å². The second-order valence-corrected chi connectivity index (χ2v) is 5.03. The average molecular weight is 328 g/mol. The second-order valence-electron chi connectivity index (χ2n) is 5.03. The Balaban J connectivity index is 0.00000220. The van der Waals surface area contributed by atoms with Crippen molar-refractivity contribution in [1.29, 1.82) is 0 Å². The van der Waals surface area contributed by atoms with Crippen molar-refractivity contribution in [3.63, 3.8) is 0 Å². The number of hydrogen-bond acceptors (Lipinski definition) is 4. The van der Waals surface area contributed by atoms with E-state index in [-0.39, 0.29) is 31.3 Å². The summed E-state index contributed by atoms with van der Waals surface area (Å²) in [5.41, 5.74) is 0. The number of carbonyl (C=O) groups is 2. The molecule has 0 spiro atoms. The van der Waals surface area contributed by atoms with E-state index in [1.165, 1.54) is 0 Å². The van der Waals surface area contributed by atoms with E-state index in [9.17, 15) is 18.4 Å². The largest absolute Gasteiger partial charge is 0.378 e. The van der Waals surface area contributed by atoms with Gasteiger partial charge in [-0.1, -0.05) is 0 Å². The van der Waals surface area contributed by atoms with Crippen LogP contribution < -0.4 is 10.6 Å². The summed E-state index contributed by atoms with van der Waals surface area (Å²) in [5, 5.41) is 4.99. The fourth-order valence-corrected chi connectivity index (χ4v) is 2.29. The third-order valence-electron chi connectivity index (χ3n) is 3.43. The van der Waals surface area contributed by atoms with Crippen LogP contribution in [0.5, 0.6) is 0 Å². The van der Waals surface area contributed by atoms with Crippen LogP contribution >= 0.6 is 12.4 Å². The molecule has 0 aromatic carbocycles. The van der Waals surface area contributed by atoms with Crippen LogP contribution in [0.1, 0.15) is 12.8 Å². The molecular formula is C12H20ClF2N3O3. The smallest absolute Gasteiger partial charge is 0.262 e. The lowest BCUT2D eigenvalue weighted by Gasteiger charge is -2.26. The minimum Gasteiger partial charge on any atom is -0.378 e. The Labute approximate surface area is 128 Å². The first-order valence-electron chi connectivity index (χ1n) is 6.72. The third-order valence-corrected chi connectivity index (χ3v) is 3.43. The zero-order valence-corrected chi connectivity index (χ0v) is 12.4. The van der Waals surface area contributed by atoms with Gasteiger partial charge in [-0.3, -0.25) is 14.9 Å². The molecule has 2 amide bonds. The summed E-state index contributed by atoms with van der Waals surface area (Å²) >= 11 is 0. The monoisotopic (exact) mass is 327 g/mol. The zero-order chi connectivity index (χ0) is 14.6. The fraction of sp³-hybridized carbons (Fsp3) is 0.833. The number of rotatable bonds is 4. The van der Waals surface area contributed by atoms with E-state index in [2.05, 4.69) is 10.6 Å². The van der Waals surface area contributed by atoms with Crippen LogP contribution in [0.4, 0.5) is 8.78 Å². The maximum Gasteiger partial charge on any atom is 0.262 e. The number of hydrogen-bond donors (Lipinski definition) is 2. The zero-order valence-electron chi connectivity index (χ0n) is 11.6. The summed E-state index contributed by atoms with van der Waals surface area (Å²) in [7, 11) is 0. The highest BCUT2D eigenvalue weighted by Crippen LogP contribution is 2.24. The summed E-state index contributed by atoms with van der Waals surface area (Å²) in [6.45, 7) is 1.86. The van der Waals surface area contributed by atoms with Gasteiger partial charge >= 0.3 is 0 Å². The van der Waals surface area contributed by atoms with Gasteiger partial charge < -0.3 is 15.0 Å². The number of nitrogens with zero attached hydrogens (tertiary/aromatic N) is 1. The lowest BCUT2D eigenvalue weighted by atomic mass is 10.2. The van der Waals surface area contributed by atoms with Crippen LogP contribution in [0.25, 0.3) is 0 Å². The van der Waals surface area contributed by atoms with Crippen molar-refractivity contribution in [2.75, 3.05) is 39.4 Å². The first kappa shape index (κ1) is 18.1. The Morgan fingerprint density at radius 1 is 1.33 bits per heavy atom. The van der Waals surface area contributed by atoms with Crippen molar-refractivity contribution in [3.05, 3.63) is 0 Å². The van der Waals surface area contributed by atoms with Crippen LogP contribution in [-0.2, 0) is 14.3 Å². The summed E-state index contributed by atoms with van der Waals surface area (Å²) in [4.78, 5) is 25.1. The number of alkyl halides is 2. The third kappa shape index (κ3) is 5.37. The van der Waals surface area contributed by atoms with Gasteiger partial charge in [0, 0.05) is 32.5 Å². The van der Waals surface area contributed by atoms with Crippen LogP contribution in [0.2, 0.25) is 0 Å². The summed E-state index contributed by atoms with van der Waals surface area (Å²) in [6, 6.07) is -0.872. The van der Waals surface area contributed by atoms with Crippen LogP contribution in [-0.4, -0.2) is 68.1 Å². The van der Waals surface area contributed by atoms with E-state index < -0.39 is 30.8 Å². The van der Waals surface area contributed by atoms with Gasteiger partial charge in [0.2, 0.25) is 11.8 Å². The lowest BCUT2D eigenvalue weighted by Crippen LogP contribution is -2.44. The number of ether oxygens (including phenoxy) is 1. The first-order chi connectivity index (χ1) is 9.48. The molecule has 2 N–H and O–H groups in total. The maximum atomic E-state index is 12.9. The summed E-state index contributed by atoms with van der Waals surface area (Å²) in [6.07, 6.45) is -0.314. The van der Waals surface area contributed by atoms with Crippen LogP contribution in [0.3, 0.4) is 0 Å². The molecule has 2 aliphatic rings. The van der Waals surface area contributed by atoms with E-state index in [0.29, 0.717) is 26.3 Å². The fourth-order valence-electron chi connectivity index (χ4n) is 2.29. The molecule has 0 bridgehead atoms. The molecule has 122 valence electrons. The van der Waals surface area contributed by atoms with E-state index in [4.69, 9.17) is 4.74 Å². The molecule has 9 heteroatoms. The Morgan fingerprint density at radius 3 is 2.57 bits per heavy atom. The molecule has 0 aromatic rings. The van der Waals surface area contributed by atoms with Crippen LogP contribution in [0.15, 0.2) is 0 Å². The number of nitrogens with one attached hydrogen (secondary N) is 2. The highest BCUT2D eigenvalue weighted by molar-refractivity contribution is 5.85. The molecule has 1 atom stereocenters. The Hall–Kier alpha value is -0.990. The van der Waals surface area contributed by atoms with Gasteiger partial charge in [-0.15, -0.1) is 12.4 Å². The normalized spacial score (nSPS) is 24.3. The molecule has 2 rings (SSSR count). The number of morpholine rings is 1. The van der Waals surface area contributed by atoms with Crippen molar-refractivity contribution in [1.82, 2.24) is 15.5 Å². The lowest BCUT2D eigenvalue weighted by molar-refractivity contribution is -0.135. The molecule has 2 aliphatic heterocycles. The predicted octanol–water partition coefficient (Wildman–Crippen LogP) is -0.229. The van der Waals surface area contributed by atoms with Gasteiger partial charge in [-0.25, -0.2) is 8.78 Å². The Bertz CT molecular complexity index is 379. The molecule has 6 nitrogen and oxygen atoms in total. The molecule has 21 heavy (non-hydrogen) atoms. The van der Waals surface area contributed by atoms with E-state index in [1.54, 1.807) is 4.90 Å². The summed E-state index contributed by atoms with van der Waals surface area (Å²) in [5.74, 6) is -3.36. The van der Waals surface area contributed by atoms with Gasteiger partial charge in [0.25, 0.3) is 5.92 Å². The summed E-state index contributed by atoms with van der Waals surface area (Å²) < 4.78 is 31.0. The van der Waals surface area contributed by atoms with Gasteiger partial charge in [-0.2, -0.15) is 0 Å². The van der Waals surface area contributed by atoms with Gasteiger partial charge in [-0.05, 0) is 0 Å². The van der Waals surface area contributed by atoms with E-state index in [1.807, 2.05) is 0 Å². The molecule has 0 aromatic heterocycles. The van der Waals surface area contributed by atoms with E-state index in [0.717, 1.165) is 0 Å². The number of carbonyl (C=O) groups excluding carboxylic acids is 2. The molecular weight excluding hydrogens is 308 g/mol. The molecule has 2 heterocycles. The Morgan fingerprint density at radius 2 is 2.00 bits per heavy atom. The first-order valence-corrected chi connectivity index (χ1v) is 6.72. The number of amides is 2. The van der Waals surface area contributed by atoms with Gasteiger partial charge in [0.05, 0.1) is 25.8 Å². The quantitative estimate of drug-likeness (QED) is 0.748. The Kier molecular flexibility index (Phi) is 6.76. The average Bonchev–Trinajstić information content (AvgIpc) is 2.80. The predicted molar refractivity (Wildman–Crippen MR) is 73.6 cm³/mol. The SMILES string of the molecule is Cl.O=C(NCCC(=O)N1CCOCC1)C1CC(F)(F)CN1. The topological polar surface area (TPSA) is 70.7 Å². The molecule has 0 radical (unpaired) electrons. The van der Waals surface area contributed by atoms with Crippen LogP contribution in [0, 0.1) is 0 Å². The molecule has 0 saturated carbocycles. The molecule has 2 saturated heterocycles. The van der Waals surface area contributed by atoms with E-state index >= 15 is 0 Å². The minimum atomic E-state index is -2.83. The highest BCUT2D eigenvalue weighted by atomic mass is 35.5. The minimum absolute atomic E-state index is 0. The number of halogens is 3. The standard InChI is InChI=1S/C12H19F2N3O3.ClH/c13-12(14)7-9(16-8-12)11(19)15-2-1-10(18)17-3-5-20-6-4-17;/h9,16H,1-8H2,(H,15,19);1H. The second kappa shape index (κ2) is 7.86. The van der Waals surface area contributed by atoms with Crippen molar-refractivity contribution in [2.24, 2.45) is 0 Å². The van der Waals surface area contributed by atoms with Gasteiger partial charge in [0.1, 0.15) is 0 Å². The molecule has 1 unspecified atom stereocenters. The highest BCUT2D eigenvalue weighted by Gasteiger charge is 2.42. The van der Waals surface area contributed by atoms with Crippen molar-refractivity contribution < 1.29 is 23.1 Å². The van der Waals surface area contributed by atoms with Gasteiger partial charge in [0.15, 0.2) is 0 Å². The molecule has 0 aliphatic carbocycles.